The van der Waals surface area contributed by atoms with Crippen LogP contribution in [0.5, 0.6) is 11.5 Å². The SMILES string of the molecule is COc1ccc([C@@H]([C@H](O)C(=O)c2c[nH]c3ccccc23)N2CCN(c3ccc(OC)cc3)CC2)cc1. The van der Waals surface area contributed by atoms with E-state index in [4.69, 9.17) is 9.47 Å². The fourth-order valence-electron chi connectivity index (χ4n) is 5.02. The Morgan fingerprint density at radius 1 is 0.861 bits per heavy atom. The molecule has 0 bridgehead atoms. The van der Waals surface area contributed by atoms with Gasteiger partial charge in [-0.25, -0.2) is 0 Å². The van der Waals surface area contributed by atoms with Crippen LogP contribution in [-0.2, 0) is 0 Å². The Kier molecular flexibility index (Phi) is 6.93. The van der Waals surface area contributed by atoms with Gasteiger partial charge in [-0.2, -0.15) is 0 Å². The van der Waals surface area contributed by atoms with Gasteiger partial charge < -0.3 is 24.5 Å². The molecule has 1 fully saturated rings. The molecule has 7 heteroatoms. The number of hydrogen-bond acceptors (Lipinski definition) is 6. The summed E-state index contributed by atoms with van der Waals surface area (Å²) in [6.45, 7) is 2.99. The van der Waals surface area contributed by atoms with Crippen molar-refractivity contribution in [3.8, 4) is 11.5 Å². The van der Waals surface area contributed by atoms with Crippen LogP contribution >= 0.6 is 0 Å². The first-order chi connectivity index (χ1) is 17.6. The summed E-state index contributed by atoms with van der Waals surface area (Å²) in [6, 6.07) is 22.8. The number of H-pyrrole nitrogens is 1. The molecular weight excluding hydrogens is 454 g/mol. The minimum Gasteiger partial charge on any atom is -0.497 e. The fourth-order valence-corrected chi connectivity index (χ4v) is 5.02. The number of aromatic amines is 1. The number of hydrogen-bond donors (Lipinski definition) is 2. The molecule has 0 amide bonds. The predicted molar refractivity (Wildman–Crippen MR) is 141 cm³/mol. The molecule has 0 aliphatic carbocycles. The number of rotatable bonds is 8. The van der Waals surface area contributed by atoms with Gasteiger partial charge in [0.2, 0.25) is 0 Å². The van der Waals surface area contributed by atoms with E-state index in [1.54, 1.807) is 20.4 Å². The van der Waals surface area contributed by atoms with Gasteiger partial charge in [-0.15, -0.1) is 0 Å². The third-order valence-corrected chi connectivity index (χ3v) is 7.02. The molecule has 2 atom stereocenters. The second kappa shape index (κ2) is 10.4. The van der Waals surface area contributed by atoms with Crippen molar-refractivity contribution < 1.29 is 19.4 Å². The van der Waals surface area contributed by atoms with Crippen molar-refractivity contribution in [3.63, 3.8) is 0 Å². The van der Waals surface area contributed by atoms with Crippen LogP contribution in [0, 0.1) is 0 Å². The maximum atomic E-state index is 13.6. The number of carbonyl (C=O) groups is 1. The van der Waals surface area contributed by atoms with Gasteiger partial charge in [0.1, 0.15) is 17.6 Å². The number of piperazine rings is 1. The number of Topliss-reactive ketones (excluding diaryl/α,β-unsaturated/α-hetero) is 1. The van der Waals surface area contributed by atoms with Gasteiger partial charge in [-0.1, -0.05) is 30.3 Å². The van der Waals surface area contributed by atoms with E-state index < -0.39 is 12.1 Å². The van der Waals surface area contributed by atoms with Crippen LogP contribution in [0.4, 0.5) is 5.69 Å². The number of para-hydroxylation sites is 1. The van der Waals surface area contributed by atoms with E-state index in [0.717, 1.165) is 46.7 Å². The largest absolute Gasteiger partial charge is 0.497 e. The fraction of sp³-hybridized carbons (Fsp3) is 0.276. The van der Waals surface area contributed by atoms with E-state index >= 15 is 0 Å². The number of carbonyl (C=O) groups excluding carboxylic acids is 1. The molecule has 2 heterocycles. The molecule has 1 aromatic heterocycles. The molecule has 2 N–H and O–H groups in total. The van der Waals surface area contributed by atoms with Gasteiger partial charge in [-0.05, 0) is 48.0 Å². The van der Waals surface area contributed by atoms with E-state index in [-0.39, 0.29) is 5.78 Å². The topological polar surface area (TPSA) is 78.0 Å². The maximum absolute atomic E-state index is 13.6. The average molecular weight is 486 g/mol. The van der Waals surface area contributed by atoms with Crippen LogP contribution in [0.2, 0.25) is 0 Å². The Morgan fingerprint density at radius 2 is 1.47 bits per heavy atom. The highest BCUT2D eigenvalue weighted by Crippen LogP contribution is 2.32. The molecule has 0 radical (unpaired) electrons. The van der Waals surface area contributed by atoms with Gasteiger partial charge in [0.05, 0.1) is 20.3 Å². The molecule has 186 valence electrons. The van der Waals surface area contributed by atoms with Gasteiger partial charge >= 0.3 is 0 Å². The molecule has 4 aromatic rings. The number of ketones is 1. The highest BCUT2D eigenvalue weighted by atomic mass is 16.5. The Hall–Kier alpha value is -3.81. The zero-order valence-electron chi connectivity index (χ0n) is 20.6. The summed E-state index contributed by atoms with van der Waals surface area (Å²) in [5.74, 6) is 1.28. The number of benzene rings is 3. The second-order valence-corrected chi connectivity index (χ2v) is 9.00. The van der Waals surface area contributed by atoms with Crippen molar-refractivity contribution in [3.05, 3.63) is 90.1 Å². The summed E-state index contributed by atoms with van der Waals surface area (Å²) in [6.07, 6.45) is 0.480. The molecule has 0 spiro atoms. The molecule has 3 aromatic carbocycles. The van der Waals surface area contributed by atoms with Crippen molar-refractivity contribution in [2.75, 3.05) is 45.3 Å². The zero-order valence-corrected chi connectivity index (χ0v) is 20.6. The summed E-state index contributed by atoms with van der Waals surface area (Å²) in [5.41, 5.74) is 3.40. The monoisotopic (exact) mass is 485 g/mol. The lowest BCUT2D eigenvalue weighted by Crippen LogP contribution is -2.51. The first-order valence-corrected chi connectivity index (χ1v) is 12.1. The Bertz CT molecular complexity index is 1310. The summed E-state index contributed by atoms with van der Waals surface area (Å²) in [7, 11) is 3.29. The Labute approximate surface area is 210 Å². The number of aliphatic hydroxyl groups excluding tert-OH is 1. The van der Waals surface area contributed by atoms with Crippen molar-refractivity contribution in [2.24, 2.45) is 0 Å². The van der Waals surface area contributed by atoms with E-state index in [9.17, 15) is 9.90 Å². The molecule has 7 nitrogen and oxygen atoms in total. The zero-order chi connectivity index (χ0) is 25.1. The van der Waals surface area contributed by atoms with Crippen molar-refractivity contribution in [1.82, 2.24) is 9.88 Å². The summed E-state index contributed by atoms with van der Waals surface area (Å²) in [4.78, 5) is 21.3. The van der Waals surface area contributed by atoms with Crippen molar-refractivity contribution in [2.45, 2.75) is 12.1 Å². The number of aromatic nitrogens is 1. The Morgan fingerprint density at radius 3 is 2.11 bits per heavy atom. The number of anilines is 1. The molecule has 1 aliphatic heterocycles. The maximum Gasteiger partial charge on any atom is 0.195 e. The predicted octanol–water partition coefficient (Wildman–Crippen LogP) is 4.29. The van der Waals surface area contributed by atoms with Crippen LogP contribution < -0.4 is 14.4 Å². The van der Waals surface area contributed by atoms with Gasteiger partial charge in [-0.3, -0.25) is 9.69 Å². The molecule has 1 aliphatic rings. The lowest BCUT2D eigenvalue weighted by molar-refractivity contribution is 0.0366. The average Bonchev–Trinajstić information content (AvgIpc) is 3.38. The normalized spacial score (nSPS) is 16.0. The van der Waals surface area contributed by atoms with Crippen LogP contribution in [-0.4, -0.2) is 67.3 Å². The van der Waals surface area contributed by atoms with E-state index in [2.05, 4.69) is 26.9 Å². The summed E-state index contributed by atoms with van der Waals surface area (Å²) < 4.78 is 10.6. The van der Waals surface area contributed by atoms with E-state index in [0.29, 0.717) is 18.7 Å². The lowest BCUT2D eigenvalue weighted by Gasteiger charge is -2.41. The molecule has 36 heavy (non-hydrogen) atoms. The van der Waals surface area contributed by atoms with Crippen LogP contribution in [0.15, 0.2) is 79.0 Å². The number of ether oxygens (including phenoxy) is 2. The summed E-state index contributed by atoms with van der Waals surface area (Å²) >= 11 is 0. The summed E-state index contributed by atoms with van der Waals surface area (Å²) in [5, 5.41) is 12.3. The van der Waals surface area contributed by atoms with Crippen molar-refractivity contribution >= 4 is 22.4 Å². The quantitative estimate of drug-likeness (QED) is 0.363. The number of nitrogens with zero attached hydrogens (tertiary/aromatic N) is 2. The van der Waals surface area contributed by atoms with Gasteiger partial charge in [0.15, 0.2) is 5.78 Å². The van der Waals surface area contributed by atoms with E-state index in [1.165, 1.54) is 0 Å². The molecular formula is C29H31N3O4. The van der Waals surface area contributed by atoms with Crippen LogP contribution in [0.3, 0.4) is 0 Å². The minimum atomic E-state index is -1.22. The molecule has 5 rings (SSSR count). The third kappa shape index (κ3) is 4.67. The number of nitrogens with one attached hydrogen (secondary N) is 1. The first kappa shape index (κ1) is 23.9. The minimum absolute atomic E-state index is 0.286. The second-order valence-electron chi connectivity index (χ2n) is 9.00. The van der Waals surface area contributed by atoms with E-state index in [1.807, 2.05) is 60.7 Å². The van der Waals surface area contributed by atoms with Crippen LogP contribution in [0.25, 0.3) is 10.9 Å². The van der Waals surface area contributed by atoms with Gasteiger partial charge in [0.25, 0.3) is 0 Å². The number of aliphatic hydroxyl groups is 1. The highest BCUT2D eigenvalue weighted by Gasteiger charge is 2.35. The highest BCUT2D eigenvalue weighted by molar-refractivity contribution is 6.10. The molecule has 0 unspecified atom stereocenters. The lowest BCUT2D eigenvalue weighted by atomic mass is 9.92. The van der Waals surface area contributed by atoms with Crippen LogP contribution in [0.1, 0.15) is 22.0 Å². The smallest absolute Gasteiger partial charge is 0.195 e. The number of fused-ring (bicyclic) bond motifs is 1. The molecule has 1 saturated heterocycles. The Balaban J connectivity index is 1.40. The molecule has 0 saturated carbocycles. The number of methoxy groups -OCH3 is 2. The van der Waals surface area contributed by atoms with Gasteiger partial charge in [0, 0.05) is 54.5 Å². The van der Waals surface area contributed by atoms with Crippen molar-refractivity contribution in [1.29, 1.82) is 0 Å². The first-order valence-electron chi connectivity index (χ1n) is 12.1. The third-order valence-electron chi connectivity index (χ3n) is 7.02. The standard InChI is InChI=1S/C29H31N3O4/c1-35-22-11-7-20(8-12-22)27(29(34)28(33)25-19-30-26-6-4-3-5-24(25)26)32-17-15-31(16-18-32)21-9-13-23(36-2)14-10-21/h3-14,19,27,29-30,34H,15-18H2,1-2H3/t27-,29-/m0/s1.